The molecule has 1 amide bonds. The molecule has 0 spiro atoms. The molecule has 1 aromatic rings. The van der Waals surface area contributed by atoms with Crippen molar-refractivity contribution in [3.05, 3.63) is 24.5 Å². The highest BCUT2D eigenvalue weighted by molar-refractivity contribution is 5.89. The van der Waals surface area contributed by atoms with Gasteiger partial charge in [-0.1, -0.05) is 12.7 Å². The van der Waals surface area contributed by atoms with Gasteiger partial charge >= 0.3 is 12.1 Å². The van der Waals surface area contributed by atoms with Crippen LogP contribution >= 0.6 is 0 Å². The highest BCUT2D eigenvalue weighted by Crippen LogP contribution is 2.20. The molecule has 0 saturated heterocycles. The van der Waals surface area contributed by atoms with Gasteiger partial charge in [-0.25, -0.2) is 19.6 Å². The number of carboxylic acids is 1. The maximum absolute atomic E-state index is 11.3. The lowest BCUT2D eigenvalue weighted by atomic mass is 10.2. The molecule has 0 aromatic carbocycles. The third kappa shape index (κ3) is 5.47. The van der Waals surface area contributed by atoms with Crippen molar-refractivity contribution in [1.29, 1.82) is 0 Å². The average molecular weight is 295 g/mol. The Kier molecular flexibility index (Phi) is 5.23. The molecule has 0 atom stereocenters. The number of hydrogen-bond acceptors (Lipinski definition) is 6. The number of hydrogen-bond donors (Lipinski definition) is 2. The Hall–Kier alpha value is -2.64. The third-order valence-electron chi connectivity index (χ3n) is 1.91. The first-order chi connectivity index (χ1) is 9.73. The molecule has 1 rings (SSSR count). The molecule has 0 radical (unpaired) electrons. The van der Waals surface area contributed by atoms with Gasteiger partial charge in [0.1, 0.15) is 12.2 Å². The van der Waals surface area contributed by atoms with Gasteiger partial charge in [0.15, 0.2) is 5.82 Å². The number of amides is 1. The lowest BCUT2D eigenvalue weighted by molar-refractivity contribution is 0.0668. The Morgan fingerprint density at radius 1 is 1.48 bits per heavy atom. The Morgan fingerprint density at radius 3 is 2.67 bits per heavy atom. The summed E-state index contributed by atoms with van der Waals surface area (Å²) in [5.41, 5.74) is -1.03. The van der Waals surface area contributed by atoms with Gasteiger partial charge < -0.3 is 14.6 Å². The highest BCUT2D eigenvalue weighted by atomic mass is 16.5. The summed E-state index contributed by atoms with van der Waals surface area (Å²) in [4.78, 5) is 30.2. The molecule has 1 aromatic heterocycles. The van der Waals surface area contributed by atoms with Crippen LogP contribution in [0.25, 0.3) is 0 Å². The van der Waals surface area contributed by atoms with Crippen molar-refractivity contribution >= 4 is 17.9 Å². The smallest absolute Gasteiger partial charge is 0.413 e. The van der Waals surface area contributed by atoms with Crippen LogP contribution in [0.4, 0.5) is 10.6 Å². The van der Waals surface area contributed by atoms with Crippen molar-refractivity contribution in [3.63, 3.8) is 0 Å². The van der Waals surface area contributed by atoms with Crippen LogP contribution in [0, 0.1) is 0 Å². The van der Waals surface area contributed by atoms with Crippen molar-refractivity contribution in [2.24, 2.45) is 0 Å². The zero-order chi connectivity index (χ0) is 16.0. The number of aromatic nitrogens is 2. The fourth-order valence-electron chi connectivity index (χ4n) is 1.22. The van der Waals surface area contributed by atoms with E-state index in [4.69, 9.17) is 14.6 Å². The van der Waals surface area contributed by atoms with E-state index in [1.54, 1.807) is 20.8 Å². The van der Waals surface area contributed by atoms with Crippen LogP contribution in [0.15, 0.2) is 18.9 Å². The molecule has 8 heteroatoms. The fraction of sp³-hybridized carbons (Fsp3) is 0.385. The van der Waals surface area contributed by atoms with Crippen molar-refractivity contribution < 1.29 is 24.2 Å². The van der Waals surface area contributed by atoms with Gasteiger partial charge in [0, 0.05) is 0 Å². The number of anilines is 1. The first kappa shape index (κ1) is 16.4. The second-order valence-corrected chi connectivity index (χ2v) is 4.94. The molecule has 8 nitrogen and oxygen atoms in total. The zero-order valence-electron chi connectivity index (χ0n) is 12.0. The summed E-state index contributed by atoms with van der Waals surface area (Å²) < 4.78 is 10.1. The summed E-state index contributed by atoms with van der Waals surface area (Å²) in [6.07, 6.45) is 1.79. The van der Waals surface area contributed by atoms with Gasteiger partial charge in [0.25, 0.3) is 0 Å². The van der Waals surface area contributed by atoms with E-state index in [-0.39, 0.29) is 18.3 Å². The SMILES string of the molecule is C=CCOC(=O)Nc1cnc(OC(C)(C)C)c(C(=O)O)n1. The van der Waals surface area contributed by atoms with Crippen molar-refractivity contribution in [1.82, 2.24) is 9.97 Å². The summed E-state index contributed by atoms with van der Waals surface area (Å²) in [5.74, 6) is -1.49. The molecular formula is C13H17N3O5. The number of ether oxygens (including phenoxy) is 2. The van der Waals surface area contributed by atoms with E-state index in [9.17, 15) is 9.59 Å². The summed E-state index contributed by atoms with van der Waals surface area (Å²) in [6, 6.07) is 0. The minimum absolute atomic E-state index is 0.0241. The van der Waals surface area contributed by atoms with Crippen LogP contribution < -0.4 is 10.1 Å². The second kappa shape index (κ2) is 6.69. The van der Waals surface area contributed by atoms with Gasteiger partial charge in [0.2, 0.25) is 11.6 Å². The minimum Gasteiger partial charge on any atom is -0.476 e. The van der Waals surface area contributed by atoms with E-state index < -0.39 is 23.4 Å². The molecule has 0 bridgehead atoms. The number of rotatable bonds is 5. The van der Waals surface area contributed by atoms with Crippen molar-refractivity contribution in [3.8, 4) is 5.88 Å². The number of carboxylic acid groups (broad SMARTS) is 1. The third-order valence-corrected chi connectivity index (χ3v) is 1.91. The molecule has 114 valence electrons. The maximum atomic E-state index is 11.3. The Bertz CT molecular complexity index is 551. The molecule has 0 aliphatic rings. The van der Waals surface area contributed by atoms with Crippen LogP contribution in [0.2, 0.25) is 0 Å². The quantitative estimate of drug-likeness (QED) is 0.800. The average Bonchev–Trinajstić information content (AvgIpc) is 2.36. The first-order valence-electron chi connectivity index (χ1n) is 6.07. The second-order valence-electron chi connectivity index (χ2n) is 4.94. The molecular weight excluding hydrogens is 278 g/mol. The summed E-state index contributed by atoms with van der Waals surface area (Å²) in [5, 5.41) is 11.4. The largest absolute Gasteiger partial charge is 0.476 e. The van der Waals surface area contributed by atoms with Crippen LogP contribution in [0.5, 0.6) is 5.88 Å². The minimum atomic E-state index is -1.31. The standard InChI is InChI=1S/C13H17N3O5/c1-5-6-20-12(19)16-8-7-14-10(21-13(2,3)4)9(15-8)11(17)18/h5,7H,1,6H2,2-4H3,(H,17,18)(H,15,16,19). The Labute approximate surface area is 121 Å². The normalized spacial score (nSPS) is 10.6. The van der Waals surface area contributed by atoms with Crippen LogP contribution in [0.3, 0.4) is 0 Å². The summed E-state index contributed by atoms with van der Waals surface area (Å²) in [6.45, 7) is 8.67. The van der Waals surface area contributed by atoms with Gasteiger partial charge in [0.05, 0.1) is 6.20 Å². The van der Waals surface area contributed by atoms with E-state index in [0.29, 0.717) is 0 Å². The molecule has 0 aliphatic heterocycles. The number of carbonyl (C=O) groups excluding carboxylic acids is 1. The van der Waals surface area contributed by atoms with E-state index in [0.717, 1.165) is 0 Å². The molecule has 0 unspecified atom stereocenters. The fourth-order valence-corrected chi connectivity index (χ4v) is 1.22. The van der Waals surface area contributed by atoms with Gasteiger partial charge in [-0.2, -0.15) is 0 Å². The lowest BCUT2D eigenvalue weighted by Crippen LogP contribution is -2.25. The van der Waals surface area contributed by atoms with Gasteiger partial charge in [-0.15, -0.1) is 0 Å². The predicted molar refractivity (Wildman–Crippen MR) is 74.5 cm³/mol. The molecule has 21 heavy (non-hydrogen) atoms. The van der Waals surface area contributed by atoms with Crippen LogP contribution in [-0.2, 0) is 4.74 Å². The number of nitrogens with zero attached hydrogens (tertiary/aromatic N) is 2. The van der Waals surface area contributed by atoms with Crippen LogP contribution in [0.1, 0.15) is 31.3 Å². The molecule has 0 fully saturated rings. The Balaban J connectivity index is 2.95. The number of aromatic carboxylic acids is 1. The number of carbonyl (C=O) groups is 2. The van der Waals surface area contributed by atoms with Gasteiger partial charge in [-0.3, -0.25) is 5.32 Å². The van der Waals surface area contributed by atoms with Crippen molar-refractivity contribution in [2.75, 3.05) is 11.9 Å². The van der Waals surface area contributed by atoms with Gasteiger partial charge in [-0.05, 0) is 20.8 Å². The van der Waals surface area contributed by atoms with E-state index in [2.05, 4.69) is 21.9 Å². The summed E-state index contributed by atoms with van der Waals surface area (Å²) in [7, 11) is 0. The molecule has 2 N–H and O–H groups in total. The first-order valence-corrected chi connectivity index (χ1v) is 6.07. The molecule has 0 aliphatic carbocycles. The summed E-state index contributed by atoms with van der Waals surface area (Å²) >= 11 is 0. The van der Waals surface area contributed by atoms with Crippen molar-refractivity contribution in [2.45, 2.75) is 26.4 Å². The monoisotopic (exact) mass is 295 g/mol. The topological polar surface area (TPSA) is 111 Å². The molecule has 0 saturated carbocycles. The van der Waals surface area contributed by atoms with E-state index in [1.165, 1.54) is 12.3 Å². The predicted octanol–water partition coefficient (Wildman–Crippen LogP) is 2.09. The van der Waals surface area contributed by atoms with E-state index in [1.807, 2.05) is 0 Å². The molecule has 1 heterocycles. The Morgan fingerprint density at radius 2 is 2.14 bits per heavy atom. The maximum Gasteiger partial charge on any atom is 0.413 e. The zero-order valence-corrected chi connectivity index (χ0v) is 12.0. The number of nitrogens with one attached hydrogen (secondary N) is 1. The van der Waals surface area contributed by atoms with Crippen LogP contribution in [-0.4, -0.2) is 39.3 Å². The highest BCUT2D eigenvalue weighted by Gasteiger charge is 2.22. The lowest BCUT2D eigenvalue weighted by Gasteiger charge is -2.21. The van der Waals surface area contributed by atoms with E-state index >= 15 is 0 Å².